The Hall–Kier alpha value is -2.08. The first-order chi connectivity index (χ1) is 8.15. The lowest BCUT2D eigenvalue weighted by Crippen LogP contribution is -2.13. The van der Waals surface area contributed by atoms with Crippen molar-refractivity contribution in [3.63, 3.8) is 0 Å². The maximum absolute atomic E-state index is 12.5. The third-order valence-corrected chi connectivity index (χ3v) is 2.04. The van der Waals surface area contributed by atoms with E-state index < -0.39 is 11.9 Å². The summed E-state index contributed by atoms with van der Waals surface area (Å²) in [7, 11) is 0. The minimum atomic E-state index is -0.647. The third-order valence-electron chi connectivity index (χ3n) is 1.86. The van der Waals surface area contributed by atoms with Gasteiger partial charge in [-0.2, -0.15) is 4.39 Å². The normalized spacial score (nSPS) is 10.0. The molecule has 0 aliphatic carbocycles. The predicted octanol–water partition coefficient (Wildman–Crippen LogP) is 1.92. The van der Waals surface area contributed by atoms with Crippen molar-refractivity contribution in [1.29, 1.82) is 0 Å². The Morgan fingerprint density at radius 2 is 2.12 bits per heavy atom. The first-order valence-corrected chi connectivity index (χ1v) is 4.94. The van der Waals surface area contributed by atoms with Gasteiger partial charge in [-0.15, -0.1) is 0 Å². The summed E-state index contributed by atoms with van der Waals surface area (Å²) in [5, 5.41) is 2.51. The largest absolute Gasteiger partial charge is 0.306 e. The average Bonchev–Trinajstić information content (AvgIpc) is 2.29. The van der Waals surface area contributed by atoms with Gasteiger partial charge in [0, 0.05) is 12.4 Å². The average molecular weight is 253 g/mol. The highest BCUT2D eigenvalue weighted by molar-refractivity contribution is 6.28. The Morgan fingerprint density at radius 3 is 2.76 bits per heavy atom. The highest BCUT2D eigenvalue weighted by atomic mass is 35.5. The second-order valence-electron chi connectivity index (χ2n) is 3.03. The van der Waals surface area contributed by atoms with E-state index in [0.29, 0.717) is 0 Å². The quantitative estimate of drug-likeness (QED) is 0.655. The molecule has 5 nitrogen and oxygen atoms in total. The number of amides is 1. The number of hydrogen-bond donors (Lipinski definition) is 1. The number of halogens is 2. The fourth-order valence-electron chi connectivity index (χ4n) is 1.10. The van der Waals surface area contributed by atoms with Crippen LogP contribution < -0.4 is 5.32 Å². The van der Waals surface area contributed by atoms with Crippen LogP contribution >= 0.6 is 11.6 Å². The number of rotatable bonds is 2. The van der Waals surface area contributed by atoms with E-state index in [4.69, 9.17) is 11.6 Å². The summed E-state index contributed by atoms with van der Waals surface area (Å²) in [5.74, 6) is -0.835. The second-order valence-corrected chi connectivity index (χ2v) is 3.37. The molecule has 0 bridgehead atoms. The number of aromatic nitrogens is 3. The van der Waals surface area contributed by atoms with Crippen LogP contribution in [0.1, 0.15) is 10.4 Å². The topological polar surface area (TPSA) is 67.8 Å². The van der Waals surface area contributed by atoms with Gasteiger partial charge in [0.2, 0.25) is 11.2 Å². The van der Waals surface area contributed by atoms with E-state index in [1.165, 1.54) is 18.3 Å². The molecule has 0 radical (unpaired) electrons. The van der Waals surface area contributed by atoms with Crippen LogP contribution in [-0.4, -0.2) is 20.9 Å². The van der Waals surface area contributed by atoms with Crippen molar-refractivity contribution in [3.8, 4) is 0 Å². The Kier molecular flexibility index (Phi) is 3.24. The van der Waals surface area contributed by atoms with E-state index in [0.717, 1.165) is 12.3 Å². The van der Waals surface area contributed by atoms with E-state index in [1.807, 2.05) is 0 Å². The van der Waals surface area contributed by atoms with Crippen LogP contribution in [0.4, 0.5) is 10.2 Å². The minimum Gasteiger partial charge on any atom is -0.306 e. The van der Waals surface area contributed by atoms with Crippen molar-refractivity contribution in [2.75, 3.05) is 5.32 Å². The molecule has 2 rings (SSSR count). The zero-order chi connectivity index (χ0) is 12.3. The zero-order valence-electron chi connectivity index (χ0n) is 8.39. The SMILES string of the molecule is O=C(Nc1ccnc(Cl)n1)c1ccc(F)nc1. The number of hydrogen-bond acceptors (Lipinski definition) is 4. The number of anilines is 1. The summed E-state index contributed by atoms with van der Waals surface area (Å²) < 4.78 is 12.5. The molecule has 0 aromatic carbocycles. The Morgan fingerprint density at radius 1 is 1.29 bits per heavy atom. The van der Waals surface area contributed by atoms with Gasteiger partial charge in [-0.1, -0.05) is 0 Å². The van der Waals surface area contributed by atoms with Crippen LogP contribution in [0.2, 0.25) is 5.28 Å². The van der Waals surface area contributed by atoms with Crippen molar-refractivity contribution >= 4 is 23.3 Å². The molecule has 2 aromatic heterocycles. The molecule has 0 aliphatic heterocycles. The predicted molar refractivity (Wildman–Crippen MR) is 59.2 cm³/mol. The van der Waals surface area contributed by atoms with Gasteiger partial charge in [0.15, 0.2) is 0 Å². The zero-order valence-corrected chi connectivity index (χ0v) is 9.15. The Bertz CT molecular complexity index is 546. The first kappa shape index (κ1) is 11.4. The van der Waals surface area contributed by atoms with Gasteiger partial charge in [-0.3, -0.25) is 4.79 Å². The maximum Gasteiger partial charge on any atom is 0.258 e. The molecule has 0 aliphatic rings. The fraction of sp³-hybridized carbons (Fsp3) is 0. The molecular formula is C10H6ClFN4O. The molecule has 0 atom stereocenters. The molecule has 86 valence electrons. The van der Waals surface area contributed by atoms with E-state index in [2.05, 4.69) is 20.3 Å². The summed E-state index contributed by atoms with van der Waals surface area (Å²) in [5.41, 5.74) is 0.223. The van der Waals surface area contributed by atoms with E-state index in [1.54, 1.807) is 0 Å². The van der Waals surface area contributed by atoms with Crippen molar-refractivity contribution in [1.82, 2.24) is 15.0 Å². The molecule has 1 N–H and O–H groups in total. The van der Waals surface area contributed by atoms with Gasteiger partial charge in [-0.25, -0.2) is 15.0 Å². The van der Waals surface area contributed by atoms with Crippen LogP contribution in [0.5, 0.6) is 0 Å². The summed E-state index contributed by atoms with van der Waals surface area (Å²) in [4.78, 5) is 22.5. The monoisotopic (exact) mass is 252 g/mol. The van der Waals surface area contributed by atoms with Gasteiger partial charge in [-0.05, 0) is 29.8 Å². The van der Waals surface area contributed by atoms with Crippen LogP contribution in [0.25, 0.3) is 0 Å². The van der Waals surface area contributed by atoms with Crippen molar-refractivity contribution in [3.05, 3.63) is 47.4 Å². The first-order valence-electron chi connectivity index (χ1n) is 4.56. The Balaban J connectivity index is 2.14. The summed E-state index contributed by atoms with van der Waals surface area (Å²) in [6.45, 7) is 0. The highest BCUT2D eigenvalue weighted by Crippen LogP contribution is 2.08. The standard InChI is InChI=1S/C10H6ClFN4O/c11-10-13-4-3-8(16-10)15-9(17)6-1-2-7(12)14-5-6/h1-5H,(H,13,15,16,17). The molecule has 0 saturated heterocycles. The van der Waals surface area contributed by atoms with E-state index in [-0.39, 0.29) is 16.7 Å². The summed E-state index contributed by atoms with van der Waals surface area (Å²) in [6.07, 6.45) is 2.54. The highest BCUT2D eigenvalue weighted by Gasteiger charge is 2.07. The molecule has 2 heterocycles. The fourth-order valence-corrected chi connectivity index (χ4v) is 1.25. The molecule has 17 heavy (non-hydrogen) atoms. The lowest BCUT2D eigenvalue weighted by molar-refractivity contribution is 0.102. The molecule has 0 spiro atoms. The van der Waals surface area contributed by atoms with Crippen molar-refractivity contribution < 1.29 is 9.18 Å². The summed E-state index contributed by atoms with van der Waals surface area (Å²) >= 11 is 5.56. The van der Waals surface area contributed by atoms with Crippen LogP contribution in [0, 0.1) is 5.95 Å². The van der Waals surface area contributed by atoms with Crippen molar-refractivity contribution in [2.24, 2.45) is 0 Å². The van der Waals surface area contributed by atoms with Gasteiger partial charge in [0.05, 0.1) is 5.56 Å². The summed E-state index contributed by atoms with van der Waals surface area (Å²) in [6, 6.07) is 3.91. The molecular weight excluding hydrogens is 247 g/mol. The number of carbonyl (C=O) groups excluding carboxylic acids is 1. The molecule has 7 heteroatoms. The van der Waals surface area contributed by atoms with Crippen LogP contribution in [-0.2, 0) is 0 Å². The smallest absolute Gasteiger partial charge is 0.258 e. The lowest BCUT2D eigenvalue weighted by atomic mass is 10.2. The number of pyridine rings is 1. The van der Waals surface area contributed by atoms with Gasteiger partial charge < -0.3 is 5.32 Å². The van der Waals surface area contributed by atoms with Crippen LogP contribution in [0.3, 0.4) is 0 Å². The molecule has 1 amide bonds. The molecule has 0 unspecified atom stereocenters. The van der Waals surface area contributed by atoms with Gasteiger partial charge in [0.25, 0.3) is 5.91 Å². The molecule has 0 fully saturated rings. The number of carbonyl (C=O) groups is 1. The van der Waals surface area contributed by atoms with Crippen molar-refractivity contribution in [2.45, 2.75) is 0 Å². The third kappa shape index (κ3) is 2.94. The van der Waals surface area contributed by atoms with E-state index >= 15 is 0 Å². The maximum atomic E-state index is 12.5. The van der Waals surface area contributed by atoms with Gasteiger partial charge >= 0.3 is 0 Å². The minimum absolute atomic E-state index is 0.0278. The second kappa shape index (κ2) is 4.84. The van der Waals surface area contributed by atoms with Crippen LogP contribution in [0.15, 0.2) is 30.6 Å². The Labute approximate surface area is 101 Å². The van der Waals surface area contributed by atoms with E-state index in [9.17, 15) is 9.18 Å². The molecule has 0 saturated carbocycles. The number of nitrogens with zero attached hydrogens (tertiary/aromatic N) is 3. The molecule has 2 aromatic rings. The number of nitrogens with one attached hydrogen (secondary N) is 1. The van der Waals surface area contributed by atoms with Gasteiger partial charge in [0.1, 0.15) is 5.82 Å². The lowest BCUT2D eigenvalue weighted by Gasteiger charge is -2.03.